The fourth-order valence-corrected chi connectivity index (χ4v) is 3.04. The lowest BCUT2D eigenvalue weighted by atomic mass is 9.99. The molecule has 1 atom stereocenters. The van der Waals surface area contributed by atoms with Crippen LogP contribution < -0.4 is 5.32 Å². The number of amides is 2. The molecule has 0 unspecified atom stereocenters. The molecule has 2 amide bonds. The standard InChI is InChI=1S/C18H17BrN2O2/c19-15-6-8-16(9-7-15)20-17(22)12-21-11-14(10-18(21)23)13-4-2-1-3-5-13/h1-9,14H,10-12H2,(H,20,22)/t14-/m0/s1. The van der Waals surface area contributed by atoms with Crippen molar-refractivity contribution < 1.29 is 9.59 Å². The molecule has 1 N–H and O–H groups in total. The third-order valence-corrected chi connectivity index (χ3v) is 4.48. The third kappa shape index (κ3) is 3.99. The van der Waals surface area contributed by atoms with Crippen LogP contribution in [0, 0.1) is 0 Å². The van der Waals surface area contributed by atoms with Crippen LogP contribution in [0.5, 0.6) is 0 Å². The Morgan fingerprint density at radius 3 is 2.52 bits per heavy atom. The highest BCUT2D eigenvalue weighted by atomic mass is 79.9. The Morgan fingerprint density at radius 1 is 1.13 bits per heavy atom. The number of likely N-dealkylation sites (tertiary alicyclic amines) is 1. The smallest absolute Gasteiger partial charge is 0.243 e. The van der Waals surface area contributed by atoms with Crippen molar-refractivity contribution in [3.8, 4) is 0 Å². The predicted octanol–water partition coefficient (Wildman–Crippen LogP) is 3.40. The maximum absolute atomic E-state index is 12.1. The van der Waals surface area contributed by atoms with E-state index in [-0.39, 0.29) is 24.3 Å². The van der Waals surface area contributed by atoms with Crippen molar-refractivity contribution >= 4 is 33.4 Å². The van der Waals surface area contributed by atoms with Gasteiger partial charge in [0.05, 0.1) is 6.54 Å². The van der Waals surface area contributed by atoms with Crippen LogP contribution in [0.4, 0.5) is 5.69 Å². The summed E-state index contributed by atoms with van der Waals surface area (Å²) in [7, 11) is 0. The van der Waals surface area contributed by atoms with Crippen molar-refractivity contribution in [3.05, 3.63) is 64.6 Å². The van der Waals surface area contributed by atoms with Gasteiger partial charge in [-0.3, -0.25) is 9.59 Å². The number of hydrogen-bond acceptors (Lipinski definition) is 2. The molecule has 1 saturated heterocycles. The molecule has 0 aromatic heterocycles. The number of hydrogen-bond donors (Lipinski definition) is 1. The topological polar surface area (TPSA) is 49.4 Å². The van der Waals surface area contributed by atoms with Crippen LogP contribution in [0.2, 0.25) is 0 Å². The average Bonchev–Trinajstić information content (AvgIpc) is 2.91. The van der Waals surface area contributed by atoms with E-state index in [1.165, 1.54) is 0 Å². The highest BCUT2D eigenvalue weighted by molar-refractivity contribution is 9.10. The number of rotatable bonds is 4. The summed E-state index contributed by atoms with van der Waals surface area (Å²) < 4.78 is 0.955. The first-order valence-electron chi connectivity index (χ1n) is 7.50. The number of carbonyl (C=O) groups excluding carboxylic acids is 2. The van der Waals surface area contributed by atoms with Gasteiger partial charge in [0.25, 0.3) is 0 Å². The molecule has 1 aliphatic heterocycles. The van der Waals surface area contributed by atoms with Crippen LogP contribution in [-0.2, 0) is 9.59 Å². The minimum atomic E-state index is -0.172. The molecule has 5 heteroatoms. The molecular weight excluding hydrogens is 356 g/mol. The normalized spacial score (nSPS) is 17.3. The monoisotopic (exact) mass is 372 g/mol. The first-order chi connectivity index (χ1) is 11.1. The zero-order valence-corrected chi connectivity index (χ0v) is 14.1. The van der Waals surface area contributed by atoms with Crippen molar-refractivity contribution in [1.82, 2.24) is 4.90 Å². The number of benzene rings is 2. The molecule has 1 heterocycles. The summed E-state index contributed by atoms with van der Waals surface area (Å²) >= 11 is 3.35. The van der Waals surface area contributed by atoms with E-state index in [2.05, 4.69) is 21.2 Å². The lowest BCUT2D eigenvalue weighted by molar-refractivity contribution is -0.131. The van der Waals surface area contributed by atoms with Crippen molar-refractivity contribution in [3.63, 3.8) is 0 Å². The molecule has 2 aromatic rings. The van der Waals surface area contributed by atoms with E-state index < -0.39 is 0 Å². The van der Waals surface area contributed by atoms with Crippen LogP contribution in [0.1, 0.15) is 17.9 Å². The van der Waals surface area contributed by atoms with Crippen molar-refractivity contribution in [2.75, 3.05) is 18.4 Å². The molecule has 1 aliphatic rings. The van der Waals surface area contributed by atoms with Gasteiger partial charge in [-0.15, -0.1) is 0 Å². The van der Waals surface area contributed by atoms with E-state index in [9.17, 15) is 9.59 Å². The molecule has 0 radical (unpaired) electrons. The average molecular weight is 373 g/mol. The molecule has 1 fully saturated rings. The second-order valence-corrected chi connectivity index (χ2v) is 6.56. The van der Waals surface area contributed by atoms with Crippen LogP contribution in [0.15, 0.2) is 59.1 Å². The Bertz CT molecular complexity index is 701. The Hall–Kier alpha value is -2.14. The van der Waals surface area contributed by atoms with Crippen molar-refractivity contribution in [2.24, 2.45) is 0 Å². The van der Waals surface area contributed by atoms with E-state index >= 15 is 0 Å². The van der Waals surface area contributed by atoms with Gasteiger partial charge in [0.2, 0.25) is 11.8 Å². The van der Waals surface area contributed by atoms with E-state index in [1.54, 1.807) is 4.90 Å². The van der Waals surface area contributed by atoms with Gasteiger partial charge >= 0.3 is 0 Å². The summed E-state index contributed by atoms with van der Waals surface area (Å²) in [5.74, 6) is 0.0309. The van der Waals surface area contributed by atoms with Crippen LogP contribution in [0.3, 0.4) is 0 Å². The highest BCUT2D eigenvalue weighted by Gasteiger charge is 2.31. The fraction of sp³-hybridized carbons (Fsp3) is 0.222. The van der Waals surface area contributed by atoms with Gasteiger partial charge in [-0.05, 0) is 29.8 Å². The van der Waals surface area contributed by atoms with Gasteiger partial charge < -0.3 is 10.2 Å². The van der Waals surface area contributed by atoms with E-state index in [1.807, 2.05) is 54.6 Å². The van der Waals surface area contributed by atoms with Gasteiger partial charge in [0.1, 0.15) is 0 Å². The van der Waals surface area contributed by atoms with Crippen molar-refractivity contribution in [1.29, 1.82) is 0 Å². The second kappa shape index (κ2) is 6.96. The number of nitrogens with zero attached hydrogens (tertiary/aromatic N) is 1. The van der Waals surface area contributed by atoms with Gasteiger partial charge in [-0.1, -0.05) is 46.3 Å². The van der Waals surface area contributed by atoms with Gasteiger partial charge in [0.15, 0.2) is 0 Å². The zero-order chi connectivity index (χ0) is 16.2. The highest BCUT2D eigenvalue weighted by Crippen LogP contribution is 2.27. The number of carbonyl (C=O) groups is 2. The molecular formula is C18H17BrN2O2. The molecule has 2 aromatic carbocycles. The maximum Gasteiger partial charge on any atom is 0.243 e. The zero-order valence-electron chi connectivity index (χ0n) is 12.5. The van der Waals surface area contributed by atoms with E-state index in [4.69, 9.17) is 0 Å². The summed E-state index contributed by atoms with van der Waals surface area (Å²) in [5, 5.41) is 2.82. The summed E-state index contributed by atoms with van der Waals surface area (Å²) in [4.78, 5) is 25.9. The molecule has 118 valence electrons. The Balaban J connectivity index is 1.58. The summed E-state index contributed by atoms with van der Waals surface area (Å²) in [5.41, 5.74) is 1.88. The summed E-state index contributed by atoms with van der Waals surface area (Å²) in [6.07, 6.45) is 0.468. The third-order valence-electron chi connectivity index (χ3n) is 3.95. The van der Waals surface area contributed by atoms with Gasteiger partial charge in [-0.25, -0.2) is 0 Å². The lowest BCUT2D eigenvalue weighted by Crippen LogP contribution is -2.34. The molecule has 0 saturated carbocycles. The SMILES string of the molecule is O=C(CN1C[C@@H](c2ccccc2)CC1=O)Nc1ccc(Br)cc1. The van der Waals surface area contributed by atoms with Crippen LogP contribution in [-0.4, -0.2) is 29.8 Å². The van der Waals surface area contributed by atoms with Crippen molar-refractivity contribution in [2.45, 2.75) is 12.3 Å². The molecule has 23 heavy (non-hydrogen) atoms. The number of nitrogens with one attached hydrogen (secondary N) is 1. The fourth-order valence-electron chi connectivity index (χ4n) is 2.78. The number of halogens is 1. The quantitative estimate of drug-likeness (QED) is 0.893. The minimum Gasteiger partial charge on any atom is -0.333 e. The Kier molecular flexibility index (Phi) is 4.76. The first kappa shape index (κ1) is 15.7. The Morgan fingerprint density at radius 2 is 1.83 bits per heavy atom. The number of anilines is 1. The maximum atomic E-state index is 12.1. The molecule has 0 aliphatic carbocycles. The molecule has 0 bridgehead atoms. The summed E-state index contributed by atoms with van der Waals surface area (Å²) in [6.45, 7) is 0.689. The first-order valence-corrected chi connectivity index (χ1v) is 8.29. The lowest BCUT2D eigenvalue weighted by Gasteiger charge is -2.16. The van der Waals surface area contributed by atoms with E-state index in [0.29, 0.717) is 13.0 Å². The Labute approximate surface area is 143 Å². The van der Waals surface area contributed by atoms with Gasteiger partial charge in [0, 0.05) is 29.0 Å². The van der Waals surface area contributed by atoms with Gasteiger partial charge in [-0.2, -0.15) is 0 Å². The largest absolute Gasteiger partial charge is 0.333 e. The van der Waals surface area contributed by atoms with Crippen LogP contribution >= 0.6 is 15.9 Å². The second-order valence-electron chi connectivity index (χ2n) is 5.64. The van der Waals surface area contributed by atoms with Crippen LogP contribution in [0.25, 0.3) is 0 Å². The van der Waals surface area contributed by atoms with E-state index in [0.717, 1.165) is 15.7 Å². The molecule has 3 rings (SSSR count). The minimum absolute atomic E-state index is 0.0322. The molecule has 0 spiro atoms. The molecule has 4 nitrogen and oxygen atoms in total. The summed E-state index contributed by atoms with van der Waals surface area (Å²) in [6, 6.07) is 17.3. The predicted molar refractivity (Wildman–Crippen MR) is 93.2 cm³/mol.